The highest BCUT2D eigenvalue weighted by atomic mass is 16.6. The monoisotopic (exact) mass is 258 g/mol. The number of nitrogens with zero attached hydrogens (tertiary/aromatic N) is 3. The fourth-order valence-corrected chi connectivity index (χ4v) is 2.47. The van der Waals surface area contributed by atoms with Crippen molar-refractivity contribution < 1.29 is 4.63 Å². The number of benzene rings is 1. The molecule has 2 aromatic rings. The summed E-state index contributed by atoms with van der Waals surface area (Å²) < 4.78 is 4.79. The van der Waals surface area contributed by atoms with Crippen LogP contribution in [0.5, 0.6) is 0 Å². The second kappa shape index (κ2) is 5.01. The molecule has 100 valence electrons. The van der Waals surface area contributed by atoms with Crippen molar-refractivity contribution in [2.24, 2.45) is 0 Å². The smallest absolute Gasteiger partial charge is 0.127 e. The minimum Gasteiger partial charge on any atom is -0.364 e. The largest absolute Gasteiger partial charge is 0.364 e. The number of fused-ring (bicyclic) bond motifs is 1. The van der Waals surface area contributed by atoms with Crippen molar-refractivity contribution in [1.82, 2.24) is 15.6 Å². The predicted octanol–water partition coefficient (Wildman–Crippen LogP) is 1.88. The van der Waals surface area contributed by atoms with Crippen molar-refractivity contribution in [2.75, 3.05) is 11.4 Å². The second-order valence-electron chi connectivity index (χ2n) is 5.09. The first-order chi connectivity index (χ1) is 9.24. The zero-order valence-corrected chi connectivity index (χ0v) is 11.3. The molecule has 5 nitrogen and oxygen atoms in total. The number of hydrogen-bond donors (Lipinski definition) is 1. The van der Waals surface area contributed by atoms with E-state index in [-0.39, 0.29) is 0 Å². The number of anilines is 1. The van der Waals surface area contributed by atoms with Crippen LogP contribution in [0.3, 0.4) is 0 Å². The fourth-order valence-electron chi connectivity index (χ4n) is 2.47. The first-order valence-electron chi connectivity index (χ1n) is 6.58. The third-order valence-corrected chi connectivity index (χ3v) is 3.55. The Morgan fingerprint density at radius 2 is 2.21 bits per heavy atom. The first-order valence-corrected chi connectivity index (χ1v) is 6.58. The van der Waals surface area contributed by atoms with Gasteiger partial charge < -0.3 is 10.2 Å². The maximum Gasteiger partial charge on any atom is 0.127 e. The van der Waals surface area contributed by atoms with Crippen LogP contribution in [0.1, 0.15) is 23.9 Å². The number of rotatable bonds is 2. The summed E-state index contributed by atoms with van der Waals surface area (Å²) in [6.07, 6.45) is 0. The Labute approximate surface area is 112 Å². The lowest BCUT2D eigenvalue weighted by Crippen LogP contribution is -2.35. The first kappa shape index (κ1) is 12.2. The highest BCUT2D eigenvalue weighted by molar-refractivity contribution is 5.54. The summed E-state index contributed by atoms with van der Waals surface area (Å²) in [6, 6.07) is 8.93. The number of aromatic nitrogens is 2. The van der Waals surface area contributed by atoms with Crippen LogP contribution >= 0.6 is 0 Å². The molecule has 1 atom stereocenters. The molecule has 5 heteroatoms. The topological polar surface area (TPSA) is 54.2 Å². The molecule has 1 unspecified atom stereocenters. The van der Waals surface area contributed by atoms with Crippen molar-refractivity contribution in [1.29, 1.82) is 0 Å². The van der Waals surface area contributed by atoms with Gasteiger partial charge in [-0.2, -0.15) is 0 Å². The van der Waals surface area contributed by atoms with Crippen LogP contribution in [-0.4, -0.2) is 22.9 Å². The molecule has 1 N–H and O–H groups in total. The highest BCUT2D eigenvalue weighted by Gasteiger charge is 2.20. The molecule has 1 aliphatic heterocycles. The lowest BCUT2D eigenvalue weighted by atomic mass is 10.1. The third kappa shape index (κ3) is 2.46. The van der Waals surface area contributed by atoms with E-state index in [4.69, 9.17) is 4.63 Å². The third-order valence-electron chi connectivity index (χ3n) is 3.55. The molecule has 2 heterocycles. The van der Waals surface area contributed by atoms with E-state index in [0.717, 1.165) is 31.0 Å². The van der Waals surface area contributed by atoms with Crippen LogP contribution in [0, 0.1) is 6.92 Å². The molecule has 3 rings (SSSR count). The van der Waals surface area contributed by atoms with Gasteiger partial charge in [0.15, 0.2) is 0 Å². The summed E-state index contributed by atoms with van der Waals surface area (Å²) >= 11 is 0. The van der Waals surface area contributed by atoms with Gasteiger partial charge >= 0.3 is 0 Å². The van der Waals surface area contributed by atoms with Crippen LogP contribution in [0.4, 0.5) is 5.69 Å². The predicted molar refractivity (Wildman–Crippen MR) is 72.8 cm³/mol. The van der Waals surface area contributed by atoms with E-state index in [1.54, 1.807) is 0 Å². The molecule has 0 fully saturated rings. The van der Waals surface area contributed by atoms with Crippen molar-refractivity contribution in [3.63, 3.8) is 0 Å². The molecule has 1 aliphatic rings. The van der Waals surface area contributed by atoms with E-state index in [9.17, 15) is 0 Å². The van der Waals surface area contributed by atoms with Gasteiger partial charge in [0.25, 0.3) is 0 Å². The van der Waals surface area contributed by atoms with Gasteiger partial charge in [-0.3, -0.25) is 0 Å². The van der Waals surface area contributed by atoms with Gasteiger partial charge in [0.2, 0.25) is 0 Å². The van der Waals surface area contributed by atoms with Gasteiger partial charge in [-0.15, -0.1) is 0 Å². The minimum atomic E-state index is 0.438. The molecule has 0 amide bonds. The molecule has 1 aromatic carbocycles. The normalized spacial score (nSPS) is 19.1. The average molecular weight is 258 g/mol. The van der Waals surface area contributed by atoms with E-state index in [2.05, 4.69) is 51.7 Å². The van der Waals surface area contributed by atoms with Gasteiger partial charge in [-0.1, -0.05) is 28.5 Å². The summed E-state index contributed by atoms with van der Waals surface area (Å²) in [7, 11) is 0. The molecule has 19 heavy (non-hydrogen) atoms. The van der Waals surface area contributed by atoms with Crippen LogP contribution in [0.25, 0.3) is 0 Å². The van der Waals surface area contributed by atoms with Crippen LogP contribution in [-0.2, 0) is 13.1 Å². The van der Waals surface area contributed by atoms with Gasteiger partial charge in [0, 0.05) is 24.8 Å². The van der Waals surface area contributed by atoms with Crippen molar-refractivity contribution >= 4 is 5.69 Å². The lowest BCUT2D eigenvalue weighted by molar-refractivity contribution is 0.301. The average Bonchev–Trinajstić information content (AvgIpc) is 2.73. The molecular formula is C14H18N4O. The molecule has 0 aliphatic carbocycles. The summed E-state index contributed by atoms with van der Waals surface area (Å²) in [6.45, 7) is 6.72. The zero-order valence-electron chi connectivity index (χ0n) is 11.3. The molecule has 0 saturated carbocycles. The van der Waals surface area contributed by atoms with E-state index >= 15 is 0 Å². The van der Waals surface area contributed by atoms with Crippen LogP contribution in [0.2, 0.25) is 0 Å². The summed E-state index contributed by atoms with van der Waals surface area (Å²) in [5, 5.41) is 11.4. The van der Waals surface area contributed by atoms with Crippen molar-refractivity contribution in [3.05, 3.63) is 41.2 Å². The van der Waals surface area contributed by atoms with Gasteiger partial charge in [-0.25, -0.2) is 4.63 Å². The maximum absolute atomic E-state index is 4.79. The number of aryl methyl sites for hydroxylation is 1. The van der Waals surface area contributed by atoms with Crippen molar-refractivity contribution in [2.45, 2.75) is 33.0 Å². The van der Waals surface area contributed by atoms with E-state index < -0.39 is 0 Å². The summed E-state index contributed by atoms with van der Waals surface area (Å²) in [4.78, 5) is 2.34. The number of para-hydroxylation sites is 1. The van der Waals surface area contributed by atoms with Gasteiger partial charge in [0.1, 0.15) is 11.4 Å². The van der Waals surface area contributed by atoms with E-state index in [1.807, 2.05) is 6.92 Å². The quantitative estimate of drug-likeness (QED) is 0.891. The Bertz CT molecular complexity index is 566. The Hall–Kier alpha value is -1.88. The van der Waals surface area contributed by atoms with E-state index in [0.29, 0.717) is 6.04 Å². The highest BCUT2D eigenvalue weighted by Crippen LogP contribution is 2.25. The SMILES string of the molecule is Cc1nonc1CN1CC(C)NCc2ccccc21. The minimum absolute atomic E-state index is 0.438. The van der Waals surface area contributed by atoms with Gasteiger partial charge in [0.05, 0.1) is 6.54 Å². The molecular weight excluding hydrogens is 240 g/mol. The summed E-state index contributed by atoms with van der Waals surface area (Å²) in [5.74, 6) is 0. The Kier molecular flexibility index (Phi) is 3.21. The Balaban J connectivity index is 1.92. The Morgan fingerprint density at radius 3 is 3.00 bits per heavy atom. The van der Waals surface area contributed by atoms with E-state index in [1.165, 1.54) is 11.3 Å². The number of hydrogen-bond acceptors (Lipinski definition) is 5. The molecule has 0 spiro atoms. The molecule has 0 radical (unpaired) electrons. The summed E-state index contributed by atoms with van der Waals surface area (Å²) in [5.41, 5.74) is 4.36. The van der Waals surface area contributed by atoms with Crippen molar-refractivity contribution in [3.8, 4) is 0 Å². The number of nitrogens with one attached hydrogen (secondary N) is 1. The Morgan fingerprint density at radius 1 is 1.37 bits per heavy atom. The lowest BCUT2D eigenvalue weighted by Gasteiger charge is -2.25. The van der Waals surface area contributed by atoms with Crippen LogP contribution < -0.4 is 10.2 Å². The van der Waals surface area contributed by atoms with Crippen LogP contribution in [0.15, 0.2) is 28.9 Å². The standard InChI is InChI=1S/C14H18N4O/c1-10-8-18(9-13-11(2)16-19-17-13)14-6-4-3-5-12(14)7-15-10/h3-6,10,15H,7-9H2,1-2H3. The molecule has 1 aromatic heterocycles. The zero-order chi connectivity index (χ0) is 13.2. The molecule has 0 bridgehead atoms. The fraction of sp³-hybridized carbons (Fsp3) is 0.429. The van der Waals surface area contributed by atoms with Gasteiger partial charge in [-0.05, 0) is 25.5 Å². The second-order valence-corrected chi connectivity index (χ2v) is 5.09. The molecule has 0 saturated heterocycles. The maximum atomic E-state index is 4.79.